The maximum absolute atomic E-state index is 11.7. The number of carboxylic acids is 1. The molecule has 2 N–H and O–H groups in total. The maximum atomic E-state index is 11.7. The number of ether oxygens (including phenoxy) is 1. The summed E-state index contributed by atoms with van der Waals surface area (Å²) in [6.07, 6.45) is 0.423. The van der Waals surface area contributed by atoms with Crippen LogP contribution < -0.4 is 10.1 Å². The molecule has 1 unspecified atom stereocenters. The summed E-state index contributed by atoms with van der Waals surface area (Å²) < 4.78 is 5.99. The molecule has 0 aliphatic carbocycles. The van der Waals surface area contributed by atoms with Gasteiger partial charge in [0, 0.05) is 11.6 Å². The Kier molecular flexibility index (Phi) is 6.48. The van der Waals surface area contributed by atoms with Gasteiger partial charge in [-0.05, 0) is 47.5 Å². The van der Waals surface area contributed by atoms with Crippen LogP contribution in [0.15, 0.2) is 22.7 Å². The molecule has 0 radical (unpaired) electrons. The van der Waals surface area contributed by atoms with Gasteiger partial charge in [0.1, 0.15) is 5.75 Å². The van der Waals surface area contributed by atoms with E-state index in [-0.39, 0.29) is 19.1 Å². The fourth-order valence-electron chi connectivity index (χ4n) is 1.43. The lowest BCUT2D eigenvalue weighted by molar-refractivity contribution is -0.148. The van der Waals surface area contributed by atoms with Crippen molar-refractivity contribution in [2.45, 2.75) is 20.3 Å². The molecule has 21 heavy (non-hydrogen) atoms. The predicted molar refractivity (Wildman–Crippen MR) is 83.7 cm³/mol. The Hall–Kier alpha value is -1.27. The zero-order valence-electron chi connectivity index (χ0n) is 11.8. The molecule has 1 rings (SSSR count). The number of hydrogen-bond acceptors (Lipinski definition) is 3. The van der Waals surface area contributed by atoms with Crippen LogP contribution in [0.3, 0.4) is 0 Å². The third kappa shape index (κ3) is 5.21. The van der Waals surface area contributed by atoms with Crippen LogP contribution in [-0.4, -0.2) is 30.1 Å². The van der Waals surface area contributed by atoms with Crippen molar-refractivity contribution in [1.29, 1.82) is 0 Å². The topological polar surface area (TPSA) is 75.6 Å². The van der Waals surface area contributed by atoms with Crippen molar-refractivity contribution in [2.24, 2.45) is 5.41 Å². The van der Waals surface area contributed by atoms with Gasteiger partial charge in [0.05, 0.1) is 9.89 Å². The SMILES string of the molecule is CCC(C)(CNC(=O)COc1ccc(Cl)cc1Br)C(=O)O. The third-order valence-electron chi connectivity index (χ3n) is 3.23. The van der Waals surface area contributed by atoms with Gasteiger partial charge in [-0.1, -0.05) is 18.5 Å². The van der Waals surface area contributed by atoms with E-state index >= 15 is 0 Å². The monoisotopic (exact) mass is 377 g/mol. The smallest absolute Gasteiger partial charge is 0.311 e. The largest absolute Gasteiger partial charge is 0.483 e. The summed E-state index contributed by atoms with van der Waals surface area (Å²) in [6, 6.07) is 4.96. The Morgan fingerprint density at radius 2 is 2.14 bits per heavy atom. The van der Waals surface area contributed by atoms with E-state index in [1.54, 1.807) is 32.0 Å². The highest BCUT2D eigenvalue weighted by Crippen LogP contribution is 2.27. The Morgan fingerprint density at radius 3 is 2.67 bits per heavy atom. The second kappa shape index (κ2) is 7.66. The Balaban J connectivity index is 2.49. The van der Waals surface area contributed by atoms with Crippen molar-refractivity contribution in [3.8, 4) is 5.75 Å². The van der Waals surface area contributed by atoms with Gasteiger partial charge in [0.15, 0.2) is 6.61 Å². The first-order chi connectivity index (χ1) is 9.78. The number of carboxylic acid groups (broad SMARTS) is 1. The zero-order valence-corrected chi connectivity index (χ0v) is 14.1. The number of aliphatic carboxylic acids is 1. The predicted octanol–water partition coefficient (Wildman–Crippen LogP) is 3.10. The van der Waals surface area contributed by atoms with E-state index in [9.17, 15) is 9.59 Å². The average Bonchev–Trinajstić information content (AvgIpc) is 2.43. The van der Waals surface area contributed by atoms with Crippen LogP contribution in [0, 0.1) is 5.41 Å². The van der Waals surface area contributed by atoms with E-state index in [0.717, 1.165) is 0 Å². The molecule has 7 heteroatoms. The van der Waals surface area contributed by atoms with Gasteiger partial charge in [-0.2, -0.15) is 0 Å². The van der Waals surface area contributed by atoms with Gasteiger partial charge >= 0.3 is 5.97 Å². The minimum absolute atomic E-state index is 0.0583. The molecular weight excluding hydrogens is 362 g/mol. The van der Waals surface area contributed by atoms with E-state index < -0.39 is 11.4 Å². The molecular formula is C14H17BrClNO4. The van der Waals surface area contributed by atoms with Crippen molar-refractivity contribution in [3.63, 3.8) is 0 Å². The molecule has 0 bridgehead atoms. The highest BCUT2D eigenvalue weighted by molar-refractivity contribution is 9.10. The first-order valence-corrected chi connectivity index (χ1v) is 7.53. The van der Waals surface area contributed by atoms with E-state index in [1.807, 2.05) is 0 Å². The quantitative estimate of drug-likeness (QED) is 0.764. The van der Waals surface area contributed by atoms with E-state index in [4.69, 9.17) is 21.4 Å². The first-order valence-electron chi connectivity index (χ1n) is 6.36. The molecule has 1 aromatic rings. The summed E-state index contributed by atoms with van der Waals surface area (Å²) in [4.78, 5) is 22.8. The molecule has 0 aromatic heterocycles. The number of hydrogen-bond donors (Lipinski definition) is 2. The van der Waals surface area contributed by atoms with Gasteiger partial charge in [0.2, 0.25) is 0 Å². The molecule has 116 valence electrons. The molecule has 0 fully saturated rings. The standard InChI is InChI=1S/C14H17BrClNO4/c1-3-14(2,13(19)20)8-17-12(18)7-21-11-5-4-9(16)6-10(11)15/h4-6H,3,7-8H2,1-2H3,(H,17,18)(H,19,20). The van der Waals surface area contributed by atoms with Crippen LogP contribution in [0.5, 0.6) is 5.75 Å². The fourth-order valence-corrected chi connectivity index (χ4v) is 2.23. The van der Waals surface area contributed by atoms with E-state index in [2.05, 4.69) is 21.2 Å². The number of nitrogens with one attached hydrogen (secondary N) is 1. The molecule has 1 atom stereocenters. The maximum Gasteiger partial charge on any atom is 0.311 e. The lowest BCUT2D eigenvalue weighted by Crippen LogP contribution is -2.42. The fraction of sp³-hybridized carbons (Fsp3) is 0.429. The second-order valence-corrected chi connectivity index (χ2v) is 6.15. The number of halogens is 2. The van der Waals surface area contributed by atoms with Crippen molar-refractivity contribution in [3.05, 3.63) is 27.7 Å². The number of carbonyl (C=O) groups is 2. The van der Waals surface area contributed by atoms with Gasteiger partial charge in [-0.25, -0.2) is 0 Å². The molecule has 0 spiro atoms. The minimum Gasteiger partial charge on any atom is -0.483 e. The number of amides is 1. The molecule has 0 aliphatic rings. The normalized spacial score (nSPS) is 13.3. The second-order valence-electron chi connectivity index (χ2n) is 4.86. The average molecular weight is 379 g/mol. The van der Waals surface area contributed by atoms with E-state index in [1.165, 1.54) is 0 Å². The summed E-state index contributed by atoms with van der Waals surface area (Å²) in [5.41, 5.74) is -0.976. The molecule has 0 saturated heterocycles. The van der Waals surface area contributed by atoms with Crippen LogP contribution in [0.2, 0.25) is 5.02 Å². The van der Waals surface area contributed by atoms with Crippen LogP contribution in [0.1, 0.15) is 20.3 Å². The van der Waals surface area contributed by atoms with Gasteiger partial charge in [-0.3, -0.25) is 9.59 Å². The van der Waals surface area contributed by atoms with Crippen molar-refractivity contribution in [1.82, 2.24) is 5.32 Å². The van der Waals surface area contributed by atoms with Gasteiger partial charge in [0.25, 0.3) is 5.91 Å². The first kappa shape index (κ1) is 17.8. The molecule has 0 heterocycles. The summed E-state index contributed by atoms with van der Waals surface area (Å²) in [5.74, 6) is -0.824. The van der Waals surface area contributed by atoms with E-state index in [0.29, 0.717) is 21.7 Å². The highest BCUT2D eigenvalue weighted by atomic mass is 79.9. The Bertz CT molecular complexity index is 538. The summed E-state index contributed by atoms with van der Waals surface area (Å²) in [7, 11) is 0. The minimum atomic E-state index is -0.976. The van der Waals surface area contributed by atoms with Crippen LogP contribution in [0.25, 0.3) is 0 Å². The molecule has 0 aliphatic heterocycles. The van der Waals surface area contributed by atoms with Crippen LogP contribution >= 0.6 is 27.5 Å². The van der Waals surface area contributed by atoms with Gasteiger partial charge < -0.3 is 15.2 Å². The molecule has 0 saturated carbocycles. The summed E-state index contributed by atoms with van der Waals surface area (Å²) >= 11 is 9.08. The number of benzene rings is 1. The Morgan fingerprint density at radius 1 is 1.48 bits per heavy atom. The highest BCUT2D eigenvalue weighted by Gasteiger charge is 2.31. The Labute approximate surface area is 136 Å². The summed E-state index contributed by atoms with van der Waals surface area (Å²) in [5, 5.41) is 12.2. The van der Waals surface area contributed by atoms with Crippen molar-refractivity contribution < 1.29 is 19.4 Å². The lowest BCUT2D eigenvalue weighted by Gasteiger charge is -2.23. The van der Waals surface area contributed by atoms with Crippen molar-refractivity contribution >= 4 is 39.4 Å². The molecule has 1 amide bonds. The number of carbonyl (C=O) groups excluding carboxylic acids is 1. The third-order valence-corrected chi connectivity index (χ3v) is 4.08. The van der Waals surface area contributed by atoms with Crippen molar-refractivity contribution in [2.75, 3.05) is 13.2 Å². The zero-order chi connectivity index (χ0) is 16.0. The molecule has 1 aromatic carbocycles. The lowest BCUT2D eigenvalue weighted by atomic mass is 9.88. The van der Waals surface area contributed by atoms with Crippen LogP contribution in [-0.2, 0) is 9.59 Å². The molecule has 5 nitrogen and oxygen atoms in total. The summed E-state index contributed by atoms with van der Waals surface area (Å²) in [6.45, 7) is 3.22. The van der Waals surface area contributed by atoms with Crippen LogP contribution in [0.4, 0.5) is 0 Å². The van der Waals surface area contributed by atoms with Gasteiger partial charge in [-0.15, -0.1) is 0 Å². The number of rotatable bonds is 7.